The number of rotatable bonds is 14. The van der Waals surface area contributed by atoms with E-state index in [1.807, 2.05) is 0 Å². The van der Waals surface area contributed by atoms with E-state index in [4.69, 9.17) is 46.4 Å². The highest BCUT2D eigenvalue weighted by Gasteiger charge is 2.17. The molecule has 4 aromatic carbocycles. The van der Waals surface area contributed by atoms with Crippen molar-refractivity contribution in [3.63, 3.8) is 0 Å². The van der Waals surface area contributed by atoms with Gasteiger partial charge in [-0.2, -0.15) is 0 Å². The zero-order chi connectivity index (χ0) is 34.1. The fourth-order valence-corrected chi connectivity index (χ4v) is 7.14. The summed E-state index contributed by atoms with van der Waals surface area (Å²) in [7, 11) is 0. The Morgan fingerprint density at radius 1 is 0.574 bits per heavy atom. The van der Waals surface area contributed by atoms with E-state index in [0.29, 0.717) is 42.7 Å². The molecule has 4 aromatic rings. The predicted octanol–water partition coefficient (Wildman–Crippen LogP) is 9.03. The van der Waals surface area contributed by atoms with Gasteiger partial charge in [0.2, 0.25) is 11.8 Å². The topological polar surface area (TPSA) is 133 Å². The molecule has 14 heteroatoms. The van der Waals surface area contributed by atoms with Crippen LogP contribution in [0, 0.1) is 0 Å². The minimum absolute atomic E-state index is 0.0655. The molecule has 0 aliphatic heterocycles. The number of carbonyl (C=O) groups excluding carboxylic acids is 2. The van der Waals surface area contributed by atoms with Gasteiger partial charge in [0.1, 0.15) is 0 Å². The molecule has 4 N–H and O–H groups in total. The Morgan fingerprint density at radius 2 is 0.979 bits per heavy atom. The number of benzene rings is 4. The van der Waals surface area contributed by atoms with Gasteiger partial charge in [-0.15, -0.1) is 23.5 Å². The molecule has 0 heterocycles. The zero-order valence-electron chi connectivity index (χ0n) is 24.3. The van der Waals surface area contributed by atoms with Gasteiger partial charge in [-0.25, -0.2) is 9.59 Å². The van der Waals surface area contributed by atoms with Crippen LogP contribution in [0.25, 0.3) is 0 Å². The Hall–Kier alpha value is -3.38. The molecule has 0 aliphatic rings. The van der Waals surface area contributed by atoms with Crippen molar-refractivity contribution in [3.8, 4) is 0 Å². The smallest absolute Gasteiger partial charge is 0.337 e. The van der Waals surface area contributed by atoms with Crippen LogP contribution in [0.5, 0.6) is 0 Å². The van der Waals surface area contributed by atoms with Crippen molar-refractivity contribution in [2.75, 3.05) is 22.1 Å². The van der Waals surface area contributed by atoms with E-state index in [-0.39, 0.29) is 52.2 Å². The fraction of sp³-hybridized carbons (Fsp3) is 0.152. The van der Waals surface area contributed by atoms with Gasteiger partial charge in [-0.1, -0.05) is 70.7 Å². The molecule has 0 unspecified atom stereocenters. The van der Waals surface area contributed by atoms with Crippen molar-refractivity contribution in [1.82, 2.24) is 0 Å². The van der Waals surface area contributed by atoms with Crippen LogP contribution in [0.4, 0.5) is 11.4 Å². The number of hydrogen-bond acceptors (Lipinski definition) is 6. The first-order chi connectivity index (χ1) is 22.4. The molecule has 2 amide bonds. The van der Waals surface area contributed by atoms with E-state index >= 15 is 0 Å². The summed E-state index contributed by atoms with van der Waals surface area (Å²) < 4.78 is 0. The molecular weight excluding hydrogens is 726 g/mol. The summed E-state index contributed by atoms with van der Waals surface area (Å²) in [5.41, 5.74) is 2.85. The third kappa shape index (κ3) is 10.8. The van der Waals surface area contributed by atoms with Crippen molar-refractivity contribution >= 4 is 105 Å². The second kappa shape index (κ2) is 17.1. The molecule has 0 fully saturated rings. The number of hydrogen-bond donors (Lipinski definition) is 4. The molecule has 0 saturated heterocycles. The summed E-state index contributed by atoms with van der Waals surface area (Å²) in [5, 5.41) is 26.9. The lowest BCUT2D eigenvalue weighted by Gasteiger charge is -2.13. The van der Waals surface area contributed by atoms with E-state index < -0.39 is 11.9 Å². The fourth-order valence-electron chi connectivity index (χ4n) is 4.37. The molecule has 0 aliphatic carbocycles. The van der Waals surface area contributed by atoms with E-state index in [1.165, 1.54) is 47.8 Å². The van der Waals surface area contributed by atoms with Crippen LogP contribution in [-0.2, 0) is 27.5 Å². The number of thioether (sulfide) groups is 2. The van der Waals surface area contributed by atoms with Crippen molar-refractivity contribution in [2.24, 2.45) is 0 Å². The summed E-state index contributed by atoms with van der Waals surface area (Å²) in [4.78, 5) is 49.2. The van der Waals surface area contributed by atoms with Crippen LogP contribution >= 0.6 is 69.9 Å². The number of aromatic carboxylic acids is 2. The first-order valence-electron chi connectivity index (χ1n) is 13.7. The molecule has 4 rings (SSSR count). The molecule has 0 atom stereocenters. The Labute approximate surface area is 299 Å². The van der Waals surface area contributed by atoms with Gasteiger partial charge >= 0.3 is 11.9 Å². The summed E-state index contributed by atoms with van der Waals surface area (Å²) in [5.74, 6) is -2.17. The van der Waals surface area contributed by atoms with E-state index in [1.54, 1.807) is 48.5 Å². The highest BCUT2D eigenvalue weighted by atomic mass is 35.5. The minimum atomic E-state index is -1.23. The SMILES string of the molecule is O=C(CSCc1ccc(Cl)cc1Cl)Nc1ccc(Cc2ccc(NC(=O)CSCc3ccc(Cl)cc3Cl)c(C(=O)O)c2)cc1C(=O)O. The standard InChI is InChI=1S/C33H26Cl4N2O6S2/c34-22-5-3-20(26(36)12-22)14-46-16-30(40)38-28-7-1-18(10-24(28)32(42)43)9-19-2-8-29(25(11-19)33(44)45)39-31(41)17-47-15-21-4-6-23(35)13-27(21)37/h1-8,10-13H,9,14-17H2,(H,38,40)(H,39,41)(H,42,43)(H,44,45). The molecule has 8 nitrogen and oxygen atoms in total. The lowest BCUT2D eigenvalue weighted by molar-refractivity contribution is -0.114. The highest BCUT2D eigenvalue weighted by molar-refractivity contribution is 7.99. The lowest BCUT2D eigenvalue weighted by Crippen LogP contribution is -2.17. The highest BCUT2D eigenvalue weighted by Crippen LogP contribution is 2.27. The lowest BCUT2D eigenvalue weighted by atomic mass is 9.99. The average molecular weight is 753 g/mol. The van der Waals surface area contributed by atoms with E-state index in [9.17, 15) is 29.4 Å². The van der Waals surface area contributed by atoms with Gasteiger partial charge in [0, 0.05) is 31.6 Å². The average Bonchev–Trinajstić information content (AvgIpc) is 3.00. The number of halogens is 4. The minimum Gasteiger partial charge on any atom is -0.478 e. The number of carbonyl (C=O) groups is 4. The van der Waals surface area contributed by atoms with Gasteiger partial charge in [-0.3, -0.25) is 9.59 Å². The second-order valence-corrected chi connectivity index (χ2v) is 13.8. The van der Waals surface area contributed by atoms with Gasteiger partial charge in [0.05, 0.1) is 34.0 Å². The van der Waals surface area contributed by atoms with Crippen LogP contribution in [0.15, 0.2) is 72.8 Å². The molecule has 244 valence electrons. The van der Waals surface area contributed by atoms with Crippen LogP contribution in [0.3, 0.4) is 0 Å². The normalized spacial score (nSPS) is 10.8. The third-order valence-electron chi connectivity index (χ3n) is 6.60. The summed E-state index contributed by atoms with van der Waals surface area (Å²) in [6, 6.07) is 19.4. The quantitative estimate of drug-likeness (QED) is 0.100. The van der Waals surface area contributed by atoms with Crippen molar-refractivity contribution in [1.29, 1.82) is 0 Å². The maximum Gasteiger partial charge on any atom is 0.337 e. The largest absolute Gasteiger partial charge is 0.478 e. The van der Waals surface area contributed by atoms with Gasteiger partial charge in [0.15, 0.2) is 0 Å². The molecule has 0 aromatic heterocycles. The molecule has 0 radical (unpaired) electrons. The molecule has 0 spiro atoms. The van der Waals surface area contributed by atoms with Crippen LogP contribution < -0.4 is 10.6 Å². The van der Waals surface area contributed by atoms with Crippen molar-refractivity contribution in [3.05, 3.63) is 126 Å². The van der Waals surface area contributed by atoms with Crippen LogP contribution in [-0.4, -0.2) is 45.5 Å². The maximum atomic E-state index is 12.6. The Morgan fingerprint density at radius 3 is 1.34 bits per heavy atom. The van der Waals surface area contributed by atoms with E-state index in [2.05, 4.69) is 10.6 Å². The Balaban J connectivity index is 1.36. The van der Waals surface area contributed by atoms with Crippen LogP contribution in [0.1, 0.15) is 43.0 Å². The summed E-state index contributed by atoms with van der Waals surface area (Å²) in [6.45, 7) is 0. The second-order valence-electron chi connectivity index (χ2n) is 10.1. The van der Waals surface area contributed by atoms with Gasteiger partial charge in [0.25, 0.3) is 0 Å². The van der Waals surface area contributed by atoms with Gasteiger partial charge in [-0.05, 0) is 77.2 Å². The molecule has 0 saturated carbocycles. The van der Waals surface area contributed by atoms with Crippen molar-refractivity contribution < 1.29 is 29.4 Å². The van der Waals surface area contributed by atoms with Crippen molar-refractivity contribution in [2.45, 2.75) is 17.9 Å². The maximum absolute atomic E-state index is 12.6. The monoisotopic (exact) mass is 750 g/mol. The number of nitrogens with one attached hydrogen (secondary N) is 2. The molecule has 47 heavy (non-hydrogen) atoms. The number of amides is 2. The summed E-state index contributed by atoms with van der Waals surface area (Å²) >= 11 is 26.8. The predicted molar refractivity (Wildman–Crippen MR) is 192 cm³/mol. The Bertz CT molecular complexity index is 1710. The zero-order valence-corrected chi connectivity index (χ0v) is 29.0. The third-order valence-corrected chi connectivity index (χ3v) is 9.73. The molecular formula is C33H26Cl4N2O6S2. The van der Waals surface area contributed by atoms with E-state index in [0.717, 1.165) is 11.1 Å². The number of carboxylic acids is 2. The van der Waals surface area contributed by atoms with Crippen LogP contribution in [0.2, 0.25) is 20.1 Å². The number of anilines is 2. The van der Waals surface area contributed by atoms with Gasteiger partial charge < -0.3 is 20.8 Å². The Kier molecular flexibility index (Phi) is 13.3. The first kappa shape index (κ1) is 36.5. The number of carboxylic acid groups (broad SMARTS) is 2. The molecule has 0 bridgehead atoms. The first-order valence-corrected chi connectivity index (χ1v) is 17.6. The summed E-state index contributed by atoms with van der Waals surface area (Å²) in [6.07, 6.45) is 0.207.